The molecule has 0 spiro atoms. The van der Waals surface area contributed by atoms with Crippen LogP contribution in [0.1, 0.15) is 50.5 Å². The van der Waals surface area contributed by atoms with Crippen molar-refractivity contribution in [1.82, 2.24) is 20.1 Å². The number of carbonyl (C=O) groups is 2. The van der Waals surface area contributed by atoms with Crippen LogP contribution in [-0.2, 0) is 13.0 Å². The summed E-state index contributed by atoms with van der Waals surface area (Å²) < 4.78 is 15.2. The van der Waals surface area contributed by atoms with Gasteiger partial charge in [0.15, 0.2) is 5.78 Å². The summed E-state index contributed by atoms with van der Waals surface area (Å²) in [5, 5.41) is 7.66. The van der Waals surface area contributed by atoms with Gasteiger partial charge in [-0.25, -0.2) is 9.07 Å². The Hall–Kier alpha value is -4.00. The number of hydrogen-bond donors (Lipinski definition) is 2. The minimum atomic E-state index is -0.322. The van der Waals surface area contributed by atoms with Crippen LogP contribution in [0.15, 0.2) is 60.8 Å². The van der Waals surface area contributed by atoms with Crippen LogP contribution in [0.3, 0.4) is 0 Å². The average molecular weight is 442 g/mol. The number of nitrogens with one attached hydrogen (secondary N) is 2. The molecule has 1 aliphatic carbocycles. The minimum absolute atomic E-state index is 0.0896. The second-order valence-electron chi connectivity index (χ2n) is 8.23. The van der Waals surface area contributed by atoms with Crippen molar-refractivity contribution in [2.75, 3.05) is 0 Å². The summed E-state index contributed by atoms with van der Waals surface area (Å²) in [7, 11) is 0. The molecule has 0 fully saturated rings. The highest BCUT2D eigenvalue weighted by Gasteiger charge is 2.26. The molecule has 1 aliphatic rings. The van der Waals surface area contributed by atoms with Crippen LogP contribution in [0.25, 0.3) is 16.9 Å². The molecule has 0 atom stereocenters. The van der Waals surface area contributed by atoms with E-state index < -0.39 is 0 Å². The van der Waals surface area contributed by atoms with E-state index in [9.17, 15) is 14.0 Å². The molecule has 7 heteroatoms. The standard InChI is InChI=1S/C26H23FN4O2/c1-16-23-21(8-5-9-22(23)32)29-24(16)26(33)28-14-18-15-31(20-6-3-2-4-7-20)30-25(18)17-10-12-19(27)13-11-17/h2-4,6-7,10-13,15,29H,5,8-9,14H2,1H3,(H,28,33). The first-order valence-electron chi connectivity index (χ1n) is 10.9. The second kappa shape index (κ2) is 8.50. The maximum atomic E-state index is 13.5. The number of halogens is 1. The van der Waals surface area contributed by atoms with Crippen LogP contribution in [-0.4, -0.2) is 26.5 Å². The zero-order valence-electron chi connectivity index (χ0n) is 18.2. The predicted molar refractivity (Wildman–Crippen MR) is 123 cm³/mol. The SMILES string of the molecule is Cc1c(C(=O)NCc2cn(-c3ccccc3)nc2-c2ccc(F)cc2)[nH]c2c1C(=O)CCC2. The largest absolute Gasteiger partial charge is 0.354 e. The lowest BCUT2D eigenvalue weighted by Gasteiger charge is -2.09. The highest BCUT2D eigenvalue weighted by Crippen LogP contribution is 2.27. The number of amides is 1. The molecular weight excluding hydrogens is 419 g/mol. The van der Waals surface area contributed by atoms with E-state index in [4.69, 9.17) is 5.10 Å². The third-order valence-corrected chi connectivity index (χ3v) is 6.03. The van der Waals surface area contributed by atoms with E-state index in [1.165, 1.54) is 12.1 Å². The van der Waals surface area contributed by atoms with E-state index >= 15 is 0 Å². The number of hydrogen-bond acceptors (Lipinski definition) is 3. The highest BCUT2D eigenvalue weighted by molar-refractivity contribution is 6.04. The number of para-hydroxylation sites is 1. The molecule has 2 N–H and O–H groups in total. The minimum Gasteiger partial charge on any atom is -0.354 e. The Morgan fingerprint density at radius 1 is 1.12 bits per heavy atom. The molecule has 0 saturated carbocycles. The van der Waals surface area contributed by atoms with Crippen molar-refractivity contribution in [3.05, 3.63) is 94.7 Å². The van der Waals surface area contributed by atoms with Gasteiger partial charge in [-0.05, 0) is 61.7 Å². The fourth-order valence-corrected chi connectivity index (χ4v) is 4.37. The van der Waals surface area contributed by atoms with Gasteiger partial charge in [0.05, 0.1) is 11.4 Å². The molecule has 0 bridgehead atoms. The van der Waals surface area contributed by atoms with E-state index in [1.807, 2.05) is 43.5 Å². The van der Waals surface area contributed by atoms with Gasteiger partial charge in [-0.15, -0.1) is 0 Å². The van der Waals surface area contributed by atoms with Crippen molar-refractivity contribution in [1.29, 1.82) is 0 Å². The van der Waals surface area contributed by atoms with Crippen LogP contribution in [0.5, 0.6) is 0 Å². The lowest BCUT2D eigenvalue weighted by Crippen LogP contribution is -2.24. The van der Waals surface area contributed by atoms with E-state index in [1.54, 1.807) is 16.8 Å². The Labute approximate surface area is 190 Å². The number of rotatable bonds is 5. The van der Waals surface area contributed by atoms with Crippen molar-refractivity contribution in [2.24, 2.45) is 0 Å². The Bertz CT molecular complexity index is 1340. The number of Topliss-reactive ketones (excluding diaryl/α,β-unsaturated/α-hetero) is 1. The van der Waals surface area contributed by atoms with Crippen molar-refractivity contribution in [3.8, 4) is 16.9 Å². The molecule has 0 aliphatic heterocycles. The number of aromatic nitrogens is 3. The highest BCUT2D eigenvalue weighted by atomic mass is 19.1. The molecule has 2 aromatic carbocycles. The molecule has 166 valence electrons. The van der Waals surface area contributed by atoms with Crippen LogP contribution >= 0.6 is 0 Å². The number of aromatic amines is 1. The van der Waals surface area contributed by atoms with Crippen LogP contribution < -0.4 is 5.32 Å². The maximum absolute atomic E-state index is 13.5. The van der Waals surface area contributed by atoms with Crippen molar-refractivity contribution in [2.45, 2.75) is 32.7 Å². The number of fused-ring (bicyclic) bond motifs is 1. The van der Waals surface area contributed by atoms with E-state index in [-0.39, 0.29) is 24.1 Å². The molecule has 0 saturated heterocycles. The van der Waals surface area contributed by atoms with Crippen molar-refractivity contribution in [3.63, 3.8) is 0 Å². The van der Waals surface area contributed by atoms with Crippen molar-refractivity contribution < 1.29 is 14.0 Å². The summed E-state index contributed by atoms with van der Waals surface area (Å²) in [5.41, 5.74) is 5.73. The summed E-state index contributed by atoms with van der Waals surface area (Å²) in [6, 6.07) is 15.8. The Kier molecular flexibility index (Phi) is 5.38. The van der Waals surface area contributed by atoms with Gasteiger partial charge < -0.3 is 10.3 Å². The fourth-order valence-electron chi connectivity index (χ4n) is 4.37. The lowest BCUT2D eigenvalue weighted by molar-refractivity contribution is 0.0945. The molecule has 5 rings (SSSR count). The van der Waals surface area contributed by atoms with Crippen LogP contribution in [0.4, 0.5) is 4.39 Å². The molecular formula is C26H23FN4O2. The quantitative estimate of drug-likeness (QED) is 0.468. The zero-order valence-corrected chi connectivity index (χ0v) is 18.2. The summed E-state index contributed by atoms with van der Waals surface area (Å²) in [4.78, 5) is 28.5. The molecule has 0 radical (unpaired) electrons. The number of carbonyl (C=O) groups excluding carboxylic acids is 2. The van der Waals surface area contributed by atoms with Gasteiger partial charge in [0.25, 0.3) is 5.91 Å². The van der Waals surface area contributed by atoms with Gasteiger partial charge in [0.2, 0.25) is 0 Å². The fraction of sp³-hybridized carbons (Fsp3) is 0.192. The molecule has 0 unspecified atom stereocenters. The third-order valence-electron chi connectivity index (χ3n) is 6.03. The Morgan fingerprint density at radius 2 is 1.88 bits per heavy atom. The number of H-pyrrole nitrogens is 1. The average Bonchev–Trinajstić information content (AvgIpc) is 3.41. The monoisotopic (exact) mass is 442 g/mol. The van der Waals surface area contributed by atoms with Gasteiger partial charge in [0.1, 0.15) is 11.5 Å². The molecule has 33 heavy (non-hydrogen) atoms. The van der Waals surface area contributed by atoms with Crippen LogP contribution in [0.2, 0.25) is 0 Å². The maximum Gasteiger partial charge on any atom is 0.268 e. The van der Waals surface area contributed by atoms with Gasteiger partial charge in [-0.1, -0.05) is 18.2 Å². The molecule has 6 nitrogen and oxygen atoms in total. The Morgan fingerprint density at radius 3 is 2.61 bits per heavy atom. The first-order valence-corrected chi connectivity index (χ1v) is 10.9. The van der Waals surface area contributed by atoms with Crippen molar-refractivity contribution >= 4 is 11.7 Å². The van der Waals surface area contributed by atoms with E-state index in [0.717, 1.165) is 35.3 Å². The Balaban J connectivity index is 1.44. The summed E-state index contributed by atoms with van der Waals surface area (Å²) in [6.07, 6.45) is 3.96. The third kappa shape index (κ3) is 3.98. The number of aryl methyl sites for hydroxylation is 1. The number of nitrogens with zero attached hydrogens (tertiary/aromatic N) is 2. The number of benzene rings is 2. The summed E-state index contributed by atoms with van der Waals surface area (Å²) in [6.45, 7) is 2.04. The van der Waals surface area contributed by atoms with Gasteiger partial charge in [-0.3, -0.25) is 9.59 Å². The first-order chi connectivity index (χ1) is 16.0. The summed E-state index contributed by atoms with van der Waals surface area (Å²) >= 11 is 0. The molecule has 2 heterocycles. The van der Waals surface area contributed by atoms with Gasteiger partial charge in [0, 0.05) is 41.5 Å². The molecule has 2 aromatic heterocycles. The topological polar surface area (TPSA) is 79.8 Å². The van der Waals surface area contributed by atoms with E-state index in [0.29, 0.717) is 28.9 Å². The van der Waals surface area contributed by atoms with Gasteiger partial charge >= 0.3 is 0 Å². The van der Waals surface area contributed by atoms with Crippen LogP contribution in [0, 0.1) is 12.7 Å². The zero-order chi connectivity index (χ0) is 22.9. The number of ketones is 1. The lowest BCUT2D eigenvalue weighted by atomic mass is 9.94. The smallest absolute Gasteiger partial charge is 0.268 e. The first kappa shape index (κ1) is 20.9. The normalized spacial score (nSPS) is 13.1. The van der Waals surface area contributed by atoms with Gasteiger partial charge in [-0.2, -0.15) is 5.10 Å². The van der Waals surface area contributed by atoms with E-state index in [2.05, 4.69) is 10.3 Å². The molecule has 1 amide bonds. The summed E-state index contributed by atoms with van der Waals surface area (Å²) in [5.74, 6) is -0.504. The second-order valence-corrected chi connectivity index (χ2v) is 8.23. The molecule has 4 aromatic rings. The predicted octanol–water partition coefficient (Wildman–Crippen LogP) is 4.76.